The van der Waals surface area contributed by atoms with E-state index in [2.05, 4.69) is 24.3 Å². The number of likely N-dealkylation sites (tertiary alicyclic amines) is 1. The average Bonchev–Trinajstić information content (AvgIpc) is 2.56. The summed E-state index contributed by atoms with van der Waals surface area (Å²) in [5.74, 6) is -0.0333. The van der Waals surface area contributed by atoms with E-state index < -0.39 is 5.97 Å². The van der Waals surface area contributed by atoms with Gasteiger partial charge in [-0.05, 0) is 71.6 Å². The van der Waals surface area contributed by atoms with Gasteiger partial charge in [-0.3, -0.25) is 9.69 Å². The summed E-state index contributed by atoms with van der Waals surface area (Å²) < 4.78 is 0. The van der Waals surface area contributed by atoms with Crippen LogP contribution in [0.1, 0.15) is 45.4 Å². The van der Waals surface area contributed by atoms with Crippen LogP contribution in [0.3, 0.4) is 0 Å². The number of carboxylic acids is 1. The van der Waals surface area contributed by atoms with Crippen LogP contribution >= 0.6 is 0 Å². The molecule has 7 nitrogen and oxygen atoms in total. The Labute approximate surface area is 157 Å². The molecule has 1 saturated carbocycles. The van der Waals surface area contributed by atoms with E-state index in [1.165, 1.54) is 12.8 Å². The lowest BCUT2D eigenvalue weighted by Crippen LogP contribution is -2.57. The van der Waals surface area contributed by atoms with Gasteiger partial charge in [0, 0.05) is 25.2 Å². The van der Waals surface area contributed by atoms with Crippen LogP contribution in [0.15, 0.2) is 0 Å². The highest BCUT2D eigenvalue weighted by atomic mass is 16.4. The number of likely N-dealkylation sites (N-methyl/N-ethyl adjacent to an activating group) is 1. The molecule has 1 aliphatic heterocycles. The first-order valence-corrected chi connectivity index (χ1v) is 10.0. The fourth-order valence-electron chi connectivity index (χ4n) is 4.06. The number of urea groups is 1. The van der Waals surface area contributed by atoms with E-state index in [4.69, 9.17) is 5.11 Å². The first kappa shape index (κ1) is 21.0. The van der Waals surface area contributed by atoms with Gasteiger partial charge < -0.3 is 20.2 Å². The Bertz CT molecular complexity index is 458. The molecule has 2 N–H and O–H groups in total. The Morgan fingerprint density at radius 2 is 1.85 bits per heavy atom. The van der Waals surface area contributed by atoms with Gasteiger partial charge in [-0.15, -0.1) is 0 Å². The summed E-state index contributed by atoms with van der Waals surface area (Å²) in [6.07, 6.45) is 6.42. The lowest BCUT2D eigenvalue weighted by atomic mass is 9.85. The molecular formula is C19H36N4O3. The minimum Gasteiger partial charge on any atom is -0.480 e. The van der Waals surface area contributed by atoms with Gasteiger partial charge in [0.2, 0.25) is 0 Å². The van der Waals surface area contributed by atoms with Gasteiger partial charge in [0.15, 0.2) is 0 Å². The highest BCUT2D eigenvalue weighted by Crippen LogP contribution is 2.26. The lowest BCUT2D eigenvalue weighted by molar-refractivity contribution is -0.139. The predicted molar refractivity (Wildman–Crippen MR) is 102 cm³/mol. The Kier molecular flexibility index (Phi) is 8.15. The summed E-state index contributed by atoms with van der Waals surface area (Å²) in [7, 11) is 4.22. The van der Waals surface area contributed by atoms with Crippen molar-refractivity contribution in [3.63, 3.8) is 0 Å². The number of hydrogen-bond donors (Lipinski definition) is 2. The van der Waals surface area contributed by atoms with Gasteiger partial charge in [-0.2, -0.15) is 0 Å². The third-order valence-electron chi connectivity index (χ3n) is 5.82. The summed E-state index contributed by atoms with van der Waals surface area (Å²) in [6, 6.07) is 0.526. The standard InChI is InChI=1S/C19H36N4O3/c1-4-22(14-18(24)25)17-12-16(13-17)20-19(26)23-10-7-15(8-11-23)6-5-9-21(2)3/h15-17H,4-14H2,1-3H3,(H,20,26)(H,24,25). The van der Waals surface area contributed by atoms with E-state index in [-0.39, 0.29) is 24.7 Å². The molecular weight excluding hydrogens is 332 g/mol. The highest BCUT2D eigenvalue weighted by Gasteiger charge is 2.35. The molecule has 0 spiro atoms. The predicted octanol–water partition coefficient (Wildman–Crippen LogP) is 1.69. The zero-order chi connectivity index (χ0) is 19.1. The number of aliphatic carboxylic acids is 1. The van der Waals surface area contributed by atoms with E-state index in [9.17, 15) is 9.59 Å². The second kappa shape index (κ2) is 10.1. The molecule has 0 radical (unpaired) electrons. The maximum absolute atomic E-state index is 12.4. The van der Waals surface area contributed by atoms with Crippen LogP contribution in [0.2, 0.25) is 0 Å². The summed E-state index contributed by atoms with van der Waals surface area (Å²) in [5.41, 5.74) is 0. The van der Waals surface area contributed by atoms with Gasteiger partial charge >= 0.3 is 12.0 Å². The topological polar surface area (TPSA) is 76.1 Å². The molecule has 0 unspecified atom stereocenters. The number of rotatable bonds is 9. The van der Waals surface area contributed by atoms with Crippen LogP contribution in [0.4, 0.5) is 4.79 Å². The van der Waals surface area contributed by atoms with Crippen LogP contribution in [-0.2, 0) is 4.79 Å². The van der Waals surface area contributed by atoms with E-state index in [0.717, 1.165) is 57.8 Å². The van der Waals surface area contributed by atoms with Crippen LogP contribution in [0.25, 0.3) is 0 Å². The fraction of sp³-hybridized carbons (Fsp3) is 0.895. The third-order valence-corrected chi connectivity index (χ3v) is 5.82. The molecule has 0 bridgehead atoms. The minimum absolute atomic E-state index is 0.0569. The molecule has 0 aromatic carbocycles. The first-order chi connectivity index (χ1) is 12.4. The van der Waals surface area contributed by atoms with Crippen molar-refractivity contribution in [2.24, 2.45) is 5.92 Å². The number of nitrogens with zero attached hydrogens (tertiary/aromatic N) is 3. The molecule has 26 heavy (non-hydrogen) atoms. The number of carbonyl (C=O) groups is 2. The van der Waals surface area contributed by atoms with Gasteiger partial charge in [0.25, 0.3) is 0 Å². The highest BCUT2D eigenvalue weighted by molar-refractivity contribution is 5.74. The van der Waals surface area contributed by atoms with E-state index in [1.54, 1.807) is 0 Å². The number of carboxylic acid groups (broad SMARTS) is 1. The second-order valence-corrected chi connectivity index (χ2v) is 8.10. The number of hydrogen-bond acceptors (Lipinski definition) is 4. The van der Waals surface area contributed by atoms with Crippen LogP contribution in [0.5, 0.6) is 0 Å². The van der Waals surface area contributed by atoms with Gasteiger partial charge in [-0.1, -0.05) is 6.92 Å². The Balaban J connectivity index is 1.62. The maximum atomic E-state index is 12.4. The number of nitrogens with one attached hydrogen (secondary N) is 1. The second-order valence-electron chi connectivity index (χ2n) is 8.10. The van der Waals surface area contributed by atoms with Gasteiger partial charge in [0.1, 0.15) is 0 Å². The van der Waals surface area contributed by atoms with Crippen LogP contribution in [0, 0.1) is 5.92 Å². The van der Waals surface area contributed by atoms with Crippen molar-refractivity contribution in [1.82, 2.24) is 20.0 Å². The molecule has 0 aromatic heterocycles. The first-order valence-electron chi connectivity index (χ1n) is 10.0. The fourth-order valence-corrected chi connectivity index (χ4v) is 4.06. The number of carbonyl (C=O) groups excluding carboxylic acids is 1. The monoisotopic (exact) mass is 368 g/mol. The molecule has 1 heterocycles. The molecule has 0 aromatic rings. The quantitative estimate of drug-likeness (QED) is 0.648. The molecule has 150 valence electrons. The van der Waals surface area contributed by atoms with Gasteiger partial charge in [0.05, 0.1) is 6.54 Å². The summed E-state index contributed by atoms with van der Waals surface area (Å²) in [4.78, 5) is 29.5. The molecule has 7 heteroatoms. The Morgan fingerprint density at radius 1 is 1.19 bits per heavy atom. The van der Waals surface area contributed by atoms with Crippen molar-refractivity contribution in [2.45, 2.75) is 57.5 Å². The summed E-state index contributed by atoms with van der Waals surface area (Å²) >= 11 is 0. The zero-order valence-electron chi connectivity index (χ0n) is 16.6. The molecule has 2 fully saturated rings. The third kappa shape index (κ3) is 6.43. The molecule has 2 rings (SSSR count). The van der Waals surface area contributed by atoms with Crippen LogP contribution in [-0.4, -0.2) is 90.7 Å². The number of amides is 2. The molecule has 1 saturated heterocycles. The molecule has 2 amide bonds. The number of piperidine rings is 1. The van der Waals surface area contributed by atoms with Crippen molar-refractivity contribution in [1.29, 1.82) is 0 Å². The van der Waals surface area contributed by atoms with E-state index in [1.807, 2.05) is 16.7 Å². The zero-order valence-corrected chi connectivity index (χ0v) is 16.6. The average molecular weight is 369 g/mol. The maximum Gasteiger partial charge on any atom is 0.317 e. The largest absolute Gasteiger partial charge is 0.480 e. The minimum atomic E-state index is -0.784. The van der Waals surface area contributed by atoms with Crippen molar-refractivity contribution < 1.29 is 14.7 Å². The smallest absolute Gasteiger partial charge is 0.317 e. The van der Waals surface area contributed by atoms with Crippen molar-refractivity contribution in [3.8, 4) is 0 Å². The SMILES string of the molecule is CCN(CC(=O)O)C1CC(NC(=O)N2CCC(CCCN(C)C)CC2)C1. The van der Waals surface area contributed by atoms with Crippen molar-refractivity contribution >= 4 is 12.0 Å². The van der Waals surface area contributed by atoms with E-state index >= 15 is 0 Å². The lowest BCUT2D eigenvalue weighted by Gasteiger charge is -2.43. The summed E-state index contributed by atoms with van der Waals surface area (Å²) in [6.45, 7) is 5.66. The van der Waals surface area contributed by atoms with E-state index in [0.29, 0.717) is 0 Å². The molecule has 2 aliphatic rings. The Morgan fingerprint density at radius 3 is 2.38 bits per heavy atom. The normalized spacial score (nSPS) is 24.0. The van der Waals surface area contributed by atoms with Crippen molar-refractivity contribution in [3.05, 3.63) is 0 Å². The van der Waals surface area contributed by atoms with Crippen LogP contribution < -0.4 is 5.32 Å². The Hall–Kier alpha value is -1.34. The molecule has 1 aliphatic carbocycles. The summed E-state index contributed by atoms with van der Waals surface area (Å²) in [5, 5.41) is 12.1. The van der Waals surface area contributed by atoms with Gasteiger partial charge in [-0.25, -0.2) is 4.79 Å². The molecule has 0 atom stereocenters. The van der Waals surface area contributed by atoms with Crippen molar-refractivity contribution in [2.75, 3.05) is 46.8 Å².